The molecule has 0 atom stereocenters. The first kappa shape index (κ1) is 11.7. The molecule has 0 spiro atoms. The van der Waals surface area contributed by atoms with Crippen molar-refractivity contribution in [1.82, 2.24) is 10.2 Å². The van der Waals surface area contributed by atoms with E-state index in [0.717, 1.165) is 12.0 Å². The molecule has 0 aliphatic carbocycles. The monoisotopic (exact) mass is 248 g/mol. The van der Waals surface area contributed by atoms with Gasteiger partial charge in [-0.05, 0) is 30.7 Å². The summed E-state index contributed by atoms with van der Waals surface area (Å²) in [6, 6.07) is 7.37. The van der Waals surface area contributed by atoms with Crippen LogP contribution in [0, 0.1) is 0 Å². The SMILES string of the molecule is NCCc1ccc(C(=O)Nc2nncs2)cc1. The molecular weight excluding hydrogens is 236 g/mol. The third-order valence-corrected chi connectivity index (χ3v) is 2.84. The van der Waals surface area contributed by atoms with Crippen LogP contribution >= 0.6 is 11.3 Å². The van der Waals surface area contributed by atoms with Crippen molar-refractivity contribution in [3.63, 3.8) is 0 Å². The molecule has 1 aromatic heterocycles. The Labute approximate surface area is 103 Å². The smallest absolute Gasteiger partial charge is 0.257 e. The zero-order valence-corrected chi connectivity index (χ0v) is 9.91. The van der Waals surface area contributed by atoms with Crippen molar-refractivity contribution in [3.05, 3.63) is 40.9 Å². The zero-order chi connectivity index (χ0) is 12.1. The van der Waals surface area contributed by atoms with Crippen LogP contribution in [-0.4, -0.2) is 22.6 Å². The van der Waals surface area contributed by atoms with Crippen molar-refractivity contribution >= 4 is 22.4 Å². The van der Waals surface area contributed by atoms with Gasteiger partial charge in [0.1, 0.15) is 5.51 Å². The predicted molar refractivity (Wildman–Crippen MR) is 67.1 cm³/mol. The summed E-state index contributed by atoms with van der Waals surface area (Å²) in [4.78, 5) is 11.8. The Morgan fingerprint density at radius 3 is 2.71 bits per heavy atom. The van der Waals surface area contributed by atoms with Crippen molar-refractivity contribution < 1.29 is 4.79 Å². The number of amides is 1. The molecule has 88 valence electrons. The van der Waals surface area contributed by atoms with E-state index in [0.29, 0.717) is 17.2 Å². The van der Waals surface area contributed by atoms with Crippen LogP contribution < -0.4 is 11.1 Å². The number of anilines is 1. The maximum atomic E-state index is 11.8. The number of nitrogens with zero attached hydrogens (tertiary/aromatic N) is 2. The zero-order valence-electron chi connectivity index (χ0n) is 9.09. The standard InChI is InChI=1S/C11H12N4OS/c12-6-5-8-1-3-9(4-2-8)10(16)14-11-15-13-7-17-11/h1-4,7H,5-6,12H2,(H,14,15,16). The Morgan fingerprint density at radius 2 is 2.12 bits per heavy atom. The Kier molecular flexibility index (Phi) is 3.79. The van der Waals surface area contributed by atoms with Crippen LogP contribution in [0.25, 0.3) is 0 Å². The molecule has 0 fully saturated rings. The van der Waals surface area contributed by atoms with Crippen molar-refractivity contribution in [1.29, 1.82) is 0 Å². The molecule has 2 rings (SSSR count). The van der Waals surface area contributed by atoms with Gasteiger partial charge in [-0.3, -0.25) is 10.1 Å². The van der Waals surface area contributed by atoms with Gasteiger partial charge in [0.2, 0.25) is 5.13 Å². The normalized spacial score (nSPS) is 10.2. The number of carbonyl (C=O) groups excluding carboxylic acids is 1. The number of carbonyl (C=O) groups is 1. The Morgan fingerprint density at radius 1 is 1.35 bits per heavy atom. The average Bonchev–Trinajstić information content (AvgIpc) is 2.83. The molecule has 5 nitrogen and oxygen atoms in total. The lowest BCUT2D eigenvalue weighted by Gasteiger charge is -2.02. The van der Waals surface area contributed by atoms with Gasteiger partial charge >= 0.3 is 0 Å². The second kappa shape index (κ2) is 5.51. The Bertz CT molecular complexity index is 481. The number of hydrogen-bond donors (Lipinski definition) is 2. The van der Waals surface area contributed by atoms with Gasteiger partial charge in [-0.25, -0.2) is 0 Å². The molecule has 0 saturated carbocycles. The fourth-order valence-electron chi connectivity index (χ4n) is 1.39. The highest BCUT2D eigenvalue weighted by atomic mass is 32.1. The van der Waals surface area contributed by atoms with Crippen LogP contribution in [-0.2, 0) is 6.42 Å². The first-order valence-corrected chi connectivity index (χ1v) is 6.04. The molecule has 0 unspecified atom stereocenters. The van der Waals surface area contributed by atoms with E-state index in [9.17, 15) is 4.79 Å². The van der Waals surface area contributed by atoms with E-state index in [1.807, 2.05) is 12.1 Å². The fraction of sp³-hybridized carbons (Fsp3) is 0.182. The summed E-state index contributed by atoms with van der Waals surface area (Å²) < 4.78 is 0. The van der Waals surface area contributed by atoms with Crippen LogP contribution in [0.3, 0.4) is 0 Å². The number of nitrogens with two attached hydrogens (primary N) is 1. The second-order valence-electron chi connectivity index (χ2n) is 3.43. The van der Waals surface area contributed by atoms with Crippen LogP contribution in [0.2, 0.25) is 0 Å². The summed E-state index contributed by atoms with van der Waals surface area (Å²) in [6.45, 7) is 0.607. The van der Waals surface area contributed by atoms with Gasteiger partial charge in [0.15, 0.2) is 0 Å². The lowest BCUT2D eigenvalue weighted by Crippen LogP contribution is -2.12. The summed E-state index contributed by atoms with van der Waals surface area (Å²) in [5.74, 6) is -0.180. The summed E-state index contributed by atoms with van der Waals surface area (Å²) in [5, 5.41) is 10.6. The van der Waals surface area contributed by atoms with Gasteiger partial charge in [0.05, 0.1) is 0 Å². The van der Waals surface area contributed by atoms with Gasteiger partial charge in [0, 0.05) is 5.56 Å². The molecule has 1 aromatic carbocycles. The first-order chi connectivity index (χ1) is 8.29. The predicted octanol–water partition coefficient (Wildman–Crippen LogP) is 1.29. The number of rotatable bonds is 4. The van der Waals surface area contributed by atoms with Gasteiger partial charge in [-0.1, -0.05) is 23.5 Å². The van der Waals surface area contributed by atoms with Crippen molar-refractivity contribution in [2.45, 2.75) is 6.42 Å². The minimum absolute atomic E-state index is 0.180. The van der Waals surface area contributed by atoms with E-state index >= 15 is 0 Å². The summed E-state index contributed by atoms with van der Waals surface area (Å²) >= 11 is 1.29. The molecule has 1 heterocycles. The highest BCUT2D eigenvalue weighted by Crippen LogP contribution is 2.11. The van der Waals surface area contributed by atoms with E-state index < -0.39 is 0 Å². The Balaban J connectivity index is 2.04. The van der Waals surface area contributed by atoms with E-state index in [-0.39, 0.29) is 5.91 Å². The molecule has 2 aromatic rings. The van der Waals surface area contributed by atoms with E-state index in [2.05, 4.69) is 15.5 Å². The fourth-order valence-corrected chi connectivity index (χ4v) is 1.83. The van der Waals surface area contributed by atoms with Crippen LogP contribution in [0.1, 0.15) is 15.9 Å². The quantitative estimate of drug-likeness (QED) is 0.854. The van der Waals surface area contributed by atoms with Crippen LogP contribution in [0.5, 0.6) is 0 Å². The van der Waals surface area contributed by atoms with Gasteiger partial charge < -0.3 is 5.73 Å². The largest absolute Gasteiger partial charge is 0.330 e. The number of nitrogens with one attached hydrogen (secondary N) is 1. The van der Waals surface area contributed by atoms with E-state index in [4.69, 9.17) is 5.73 Å². The number of benzene rings is 1. The molecule has 3 N–H and O–H groups in total. The topological polar surface area (TPSA) is 80.9 Å². The van der Waals surface area contributed by atoms with Gasteiger partial charge in [-0.2, -0.15) is 0 Å². The summed E-state index contributed by atoms with van der Waals surface area (Å²) in [6.07, 6.45) is 0.818. The molecule has 0 bridgehead atoms. The molecule has 1 amide bonds. The number of aromatic nitrogens is 2. The summed E-state index contributed by atoms with van der Waals surface area (Å²) in [5.41, 5.74) is 8.75. The minimum atomic E-state index is -0.180. The van der Waals surface area contributed by atoms with Crippen molar-refractivity contribution in [2.75, 3.05) is 11.9 Å². The average molecular weight is 248 g/mol. The van der Waals surface area contributed by atoms with Crippen LogP contribution in [0.15, 0.2) is 29.8 Å². The lowest BCUT2D eigenvalue weighted by atomic mass is 10.1. The number of hydrogen-bond acceptors (Lipinski definition) is 5. The van der Waals surface area contributed by atoms with Crippen molar-refractivity contribution in [3.8, 4) is 0 Å². The maximum Gasteiger partial charge on any atom is 0.257 e. The summed E-state index contributed by atoms with van der Waals surface area (Å²) in [7, 11) is 0. The molecule has 0 aliphatic heterocycles. The van der Waals surface area contributed by atoms with Gasteiger partial charge in [-0.15, -0.1) is 10.2 Å². The third-order valence-electron chi connectivity index (χ3n) is 2.23. The highest BCUT2D eigenvalue weighted by Gasteiger charge is 2.07. The first-order valence-electron chi connectivity index (χ1n) is 5.16. The lowest BCUT2D eigenvalue weighted by molar-refractivity contribution is 0.102. The molecule has 0 aliphatic rings. The molecule has 6 heteroatoms. The molecule has 17 heavy (non-hydrogen) atoms. The van der Waals surface area contributed by atoms with Crippen molar-refractivity contribution in [2.24, 2.45) is 5.73 Å². The minimum Gasteiger partial charge on any atom is -0.330 e. The molecular formula is C11H12N4OS. The third kappa shape index (κ3) is 3.08. The highest BCUT2D eigenvalue weighted by molar-refractivity contribution is 7.13. The second-order valence-corrected chi connectivity index (χ2v) is 4.27. The molecule has 0 radical (unpaired) electrons. The maximum absolute atomic E-state index is 11.8. The van der Waals surface area contributed by atoms with E-state index in [1.54, 1.807) is 17.6 Å². The van der Waals surface area contributed by atoms with E-state index in [1.165, 1.54) is 11.3 Å². The molecule has 0 saturated heterocycles. The van der Waals surface area contributed by atoms with Crippen LogP contribution in [0.4, 0.5) is 5.13 Å². The van der Waals surface area contributed by atoms with Gasteiger partial charge in [0.25, 0.3) is 5.91 Å². The Hall–Kier alpha value is -1.79.